The van der Waals surface area contributed by atoms with Crippen molar-refractivity contribution in [3.8, 4) is 6.07 Å². The normalized spacial score (nSPS) is 29.2. The molecular weight excluding hydrogens is 250 g/mol. The standard InChI is InChI=1S/C12H23N3O2S/c1-10(2)8-14-18(16,17)15-12(9-13)6-4-11(3)5-7-12/h10-11,14-15H,4-8H2,1-3H3. The molecule has 5 nitrogen and oxygen atoms in total. The van der Waals surface area contributed by atoms with Gasteiger partial charge in [-0.1, -0.05) is 20.8 Å². The Labute approximate surface area is 110 Å². The van der Waals surface area contributed by atoms with E-state index in [4.69, 9.17) is 0 Å². The first-order valence-corrected chi connectivity index (χ1v) is 7.97. The van der Waals surface area contributed by atoms with Gasteiger partial charge in [0.25, 0.3) is 10.2 Å². The van der Waals surface area contributed by atoms with E-state index >= 15 is 0 Å². The highest BCUT2D eigenvalue weighted by Gasteiger charge is 2.37. The number of nitrogens with one attached hydrogen (secondary N) is 2. The van der Waals surface area contributed by atoms with Crippen LogP contribution in [-0.2, 0) is 10.2 Å². The Morgan fingerprint density at radius 2 is 1.94 bits per heavy atom. The van der Waals surface area contributed by atoms with Crippen LogP contribution in [-0.4, -0.2) is 20.5 Å². The molecule has 0 aliphatic heterocycles. The zero-order valence-electron chi connectivity index (χ0n) is 11.4. The molecule has 1 fully saturated rings. The van der Waals surface area contributed by atoms with Gasteiger partial charge in [0.1, 0.15) is 5.54 Å². The molecule has 0 heterocycles. The van der Waals surface area contributed by atoms with Gasteiger partial charge in [-0.05, 0) is 37.5 Å². The van der Waals surface area contributed by atoms with Crippen molar-refractivity contribution in [2.75, 3.05) is 6.54 Å². The summed E-state index contributed by atoms with van der Waals surface area (Å²) in [6.45, 7) is 6.38. The molecule has 18 heavy (non-hydrogen) atoms. The van der Waals surface area contributed by atoms with Gasteiger partial charge in [-0.25, -0.2) is 4.72 Å². The lowest BCUT2D eigenvalue weighted by Crippen LogP contribution is -2.53. The van der Waals surface area contributed by atoms with Crippen molar-refractivity contribution in [2.24, 2.45) is 11.8 Å². The largest absolute Gasteiger partial charge is 0.278 e. The number of hydrogen-bond acceptors (Lipinski definition) is 3. The molecule has 0 bridgehead atoms. The zero-order chi connectivity index (χ0) is 13.8. The molecule has 0 unspecified atom stereocenters. The third kappa shape index (κ3) is 4.56. The van der Waals surface area contributed by atoms with Crippen LogP contribution in [0, 0.1) is 23.2 Å². The minimum absolute atomic E-state index is 0.242. The third-order valence-electron chi connectivity index (χ3n) is 3.35. The zero-order valence-corrected chi connectivity index (χ0v) is 12.2. The smallest absolute Gasteiger partial charge is 0.202 e. The predicted octanol–water partition coefficient (Wildman–Crippen LogP) is 1.54. The molecule has 1 aliphatic carbocycles. The third-order valence-corrected chi connectivity index (χ3v) is 4.56. The Hall–Kier alpha value is -0.640. The molecule has 1 rings (SSSR count). The minimum Gasteiger partial charge on any atom is -0.202 e. The van der Waals surface area contributed by atoms with E-state index in [0.717, 1.165) is 12.8 Å². The van der Waals surface area contributed by atoms with Crippen LogP contribution in [0.25, 0.3) is 0 Å². The second kappa shape index (κ2) is 6.00. The SMILES string of the molecule is CC(C)CNS(=O)(=O)NC1(C#N)CCC(C)CC1. The van der Waals surface area contributed by atoms with Crippen LogP contribution < -0.4 is 9.44 Å². The Balaban J connectivity index is 2.66. The van der Waals surface area contributed by atoms with Crippen LogP contribution in [0.5, 0.6) is 0 Å². The van der Waals surface area contributed by atoms with Gasteiger partial charge in [-0.3, -0.25) is 0 Å². The number of rotatable bonds is 5. The van der Waals surface area contributed by atoms with Crippen LogP contribution in [0.1, 0.15) is 46.5 Å². The lowest BCUT2D eigenvalue weighted by Gasteiger charge is -2.34. The summed E-state index contributed by atoms with van der Waals surface area (Å²) in [5.74, 6) is 0.811. The summed E-state index contributed by atoms with van der Waals surface area (Å²) in [6, 6.07) is 2.15. The van der Waals surface area contributed by atoms with E-state index < -0.39 is 15.7 Å². The van der Waals surface area contributed by atoms with Crippen LogP contribution >= 0.6 is 0 Å². The highest BCUT2D eigenvalue weighted by Crippen LogP contribution is 2.31. The Kier molecular flexibility index (Phi) is 5.14. The summed E-state index contributed by atoms with van der Waals surface area (Å²) < 4.78 is 28.8. The summed E-state index contributed by atoms with van der Waals surface area (Å²) in [6.07, 6.45) is 2.96. The predicted molar refractivity (Wildman–Crippen MR) is 70.9 cm³/mol. The van der Waals surface area contributed by atoms with Gasteiger partial charge in [0.15, 0.2) is 0 Å². The molecule has 0 aromatic carbocycles. The monoisotopic (exact) mass is 273 g/mol. The van der Waals surface area contributed by atoms with E-state index in [-0.39, 0.29) is 5.92 Å². The maximum absolute atomic E-state index is 11.9. The van der Waals surface area contributed by atoms with Gasteiger partial charge in [0, 0.05) is 6.54 Å². The fourth-order valence-electron chi connectivity index (χ4n) is 2.06. The second-order valence-electron chi connectivity index (χ2n) is 5.72. The molecule has 2 N–H and O–H groups in total. The Morgan fingerprint density at radius 3 is 2.39 bits per heavy atom. The quantitative estimate of drug-likeness (QED) is 0.797. The number of hydrogen-bond donors (Lipinski definition) is 2. The average molecular weight is 273 g/mol. The highest BCUT2D eigenvalue weighted by molar-refractivity contribution is 7.87. The molecule has 0 saturated heterocycles. The van der Waals surface area contributed by atoms with Gasteiger partial charge in [-0.2, -0.15) is 18.4 Å². The van der Waals surface area contributed by atoms with E-state index in [1.807, 2.05) is 13.8 Å². The van der Waals surface area contributed by atoms with Crippen molar-refractivity contribution in [1.82, 2.24) is 9.44 Å². The molecule has 0 aromatic rings. The minimum atomic E-state index is -3.59. The molecule has 1 aliphatic rings. The first kappa shape index (κ1) is 15.4. The second-order valence-corrected chi connectivity index (χ2v) is 7.22. The molecule has 0 spiro atoms. The maximum atomic E-state index is 11.9. The molecule has 1 saturated carbocycles. The van der Waals surface area contributed by atoms with Crippen molar-refractivity contribution < 1.29 is 8.42 Å². The summed E-state index contributed by atoms with van der Waals surface area (Å²) in [5.41, 5.74) is -0.921. The van der Waals surface area contributed by atoms with Gasteiger partial charge in [0.2, 0.25) is 0 Å². The lowest BCUT2D eigenvalue weighted by atomic mass is 9.79. The van der Waals surface area contributed by atoms with Gasteiger partial charge in [-0.15, -0.1) is 0 Å². The fourth-order valence-corrected chi connectivity index (χ4v) is 3.45. The first-order chi connectivity index (χ1) is 8.29. The van der Waals surface area contributed by atoms with E-state index in [9.17, 15) is 13.7 Å². The molecule has 0 radical (unpaired) electrons. The van der Waals surface area contributed by atoms with Crippen molar-refractivity contribution in [3.05, 3.63) is 0 Å². The number of nitriles is 1. The van der Waals surface area contributed by atoms with Crippen molar-refractivity contribution >= 4 is 10.2 Å². The Bertz CT molecular complexity index is 404. The van der Waals surface area contributed by atoms with Gasteiger partial charge < -0.3 is 0 Å². The first-order valence-electron chi connectivity index (χ1n) is 6.48. The fraction of sp³-hybridized carbons (Fsp3) is 0.917. The highest BCUT2D eigenvalue weighted by atomic mass is 32.2. The molecular formula is C12H23N3O2S. The van der Waals surface area contributed by atoms with Crippen molar-refractivity contribution in [1.29, 1.82) is 5.26 Å². The molecule has 104 valence electrons. The Morgan fingerprint density at radius 1 is 1.39 bits per heavy atom. The van der Waals surface area contributed by atoms with Crippen LogP contribution in [0.2, 0.25) is 0 Å². The topological polar surface area (TPSA) is 82.0 Å². The molecule has 0 atom stereocenters. The van der Waals surface area contributed by atoms with Crippen LogP contribution in [0.4, 0.5) is 0 Å². The van der Waals surface area contributed by atoms with E-state index in [2.05, 4.69) is 22.4 Å². The van der Waals surface area contributed by atoms with E-state index in [1.165, 1.54) is 0 Å². The summed E-state index contributed by atoms with van der Waals surface area (Å²) >= 11 is 0. The van der Waals surface area contributed by atoms with Crippen molar-refractivity contribution in [3.63, 3.8) is 0 Å². The number of nitrogens with zero attached hydrogens (tertiary/aromatic N) is 1. The molecule has 0 aromatic heterocycles. The average Bonchev–Trinajstić information content (AvgIpc) is 2.30. The summed E-state index contributed by atoms with van der Waals surface area (Å²) in [5, 5.41) is 9.26. The van der Waals surface area contributed by atoms with E-state index in [0.29, 0.717) is 25.3 Å². The van der Waals surface area contributed by atoms with Crippen LogP contribution in [0.15, 0.2) is 0 Å². The summed E-state index contributed by atoms with van der Waals surface area (Å²) in [7, 11) is -3.59. The molecule has 6 heteroatoms. The van der Waals surface area contributed by atoms with Gasteiger partial charge in [0.05, 0.1) is 6.07 Å². The van der Waals surface area contributed by atoms with Crippen LogP contribution in [0.3, 0.4) is 0 Å². The molecule has 0 amide bonds. The summed E-state index contributed by atoms with van der Waals surface area (Å²) in [4.78, 5) is 0. The van der Waals surface area contributed by atoms with Gasteiger partial charge >= 0.3 is 0 Å². The van der Waals surface area contributed by atoms with Crippen molar-refractivity contribution in [2.45, 2.75) is 52.0 Å². The maximum Gasteiger partial charge on any atom is 0.278 e. The van der Waals surface area contributed by atoms with E-state index in [1.54, 1.807) is 0 Å². The lowest BCUT2D eigenvalue weighted by molar-refractivity contribution is 0.277.